The summed E-state index contributed by atoms with van der Waals surface area (Å²) in [6, 6.07) is 4.32. The van der Waals surface area contributed by atoms with Crippen LogP contribution < -0.4 is 5.32 Å². The molecule has 0 saturated carbocycles. The summed E-state index contributed by atoms with van der Waals surface area (Å²) in [6.07, 6.45) is 3.54. The molecule has 1 aromatic heterocycles. The molecule has 0 unspecified atom stereocenters. The molecule has 1 aliphatic rings. The van der Waals surface area contributed by atoms with Gasteiger partial charge in [0.05, 0.1) is 0 Å². The lowest BCUT2D eigenvalue weighted by Gasteiger charge is -2.32. The molecule has 0 spiro atoms. The van der Waals surface area contributed by atoms with Crippen LogP contribution in [-0.4, -0.2) is 87.6 Å². The van der Waals surface area contributed by atoms with Crippen molar-refractivity contribution in [2.45, 2.75) is 19.3 Å². The van der Waals surface area contributed by atoms with Crippen molar-refractivity contribution in [3.05, 3.63) is 22.4 Å². The van der Waals surface area contributed by atoms with Gasteiger partial charge >= 0.3 is 0 Å². The first-order valence-electron chi connectivity index (χ1n) is 9.04. The molecule has 1 fully saturated rings. The molecule has 1 N–H and O–H groups in total. The summed E-state index contributed by atoms with van der Waals surface area (Å²) in [5.41, 5.74) is 0. The van der Waals surface area contributed by atoms with Gasteiger partial charge in [-0.15, -0.1) is 11.3 Å². The van der Waals surface area contributed by atoms with Gasteiger partial charge in [0, 0.05) is 58.2 Å². The predicted molar refractivity (Wildman–Crippen MR) is 105 cm³/mol. The average Bonchev–Trinajstić information content (AvgIpc) is 3.11. The minimum Gasteiger partial charge on any atom is -0.356 e. The van der Waals surface area contributed by atoms with E-state index in [1.807, 2.05) is 18.4 Å². The van der Waals surface area contributed by atoms with Crippen LogP contribution in [0.2, 0.25) is 0 Å². The summed E-state index contributed by atoms with van der Waals surface area (Å²) in [6.45, 7) is 8.08. The molecule has 0 amide bonds. The van der Waals surface area contributed by atoms with Gasteiger partial charge in [-0.25, -0.2) is 0 Å². The number of piperazine rings is 1. The van der Waals surface area contributed by atoms with Gasteiger partial charge in [-0.1, -0.05) is 6.07 Å². The maximum Gasteiger partial charge on any atom is 0.193 e. The molecule has 5 nitrogen and oxygen atoms in total. The number of nitrogens with one attached hydrogen (secondary N) is 1. The van der Waals surface area contributed by atoms with Gasteiger partial charge in [0.2, 0.25) is 0 Å². The summed E-state index contributed by atoms with van der Waals surface area (Å²) in [5.74, 6) is 1.01. The van der Waals surface area contributed by atoms with Crippen molar-refractivity contribution in [2.24, 2.45) is 4.99 Å². The zero-order valence-corrected chi connectivity index (χ0v) is 16.3. The summed E-state index contributed by atoms with van der Waals surface area (Å²) >= 11 is 1.83. The number of nitrogens with zero attached hydrogens (tertiary/aromatic N) is 4. The third kappa shape index (κ3) is 6.79. The van der Waals surface area contributed by atoms with Crippen molar-refractivity contribution in [1.82, 2.24) is 20.0 Å². The second-order valence-corrected chi connectivity index (χ2v) is 7.61. The smallest absolute Gasteiger partial charge is 0.193 e. The fourth-order valence-corrected chi connectivity index (χ4v) is 3.65. The minimum atomic E-state index is 1.00. The van der Waals surface area contributed by atoms with E-state index < -0.39 is 0 Å². The van der Waals surface area contributed by atoms with E-state index in [0.29, 0.717) is 0 Å². The highest BCUT2D eigenvalue weighted by Crippen LogP contribution is 2.09. The van der Waals surface area contributed by atoms with Crippen LogP contribution in [0.25, 0.3) is 0 Å². The van der Waals surface area contributed by atoms with E-state index in [1.165, 1.54) is 50.4 Å². The first kappa shape index (κ1) is 19.2. The molecule has 0 bridgehead atoms. The second-order valence-electron chi connectivity index (χ2n) is 6.58. The van der Waals surface area contributed by atoms with Crippen molar-refractivity contribution in [3.8, 4) is 0 Å². The van der Waals surface area contributed by atoms with Gasteiger partial charge in [-0.05, 0) is 44.3 Å². The molecule has 2 rings (SSSR count). The lowest BCUT2D eigenvalue weighted by Crippen LogP contribution is -2.44. The van der Waals surface area contributed by atoms with Crippen molar-refractivity contribution in [3.63, 3.8) is 0 Å². The molecular formula is C18H33N5S. The monoisotopic (exact) mass is 351 g/mol. The Morgan fingerprint density at radius 1 is 1.29 bits per heavy atom. The molecule has 24 heavy (non-hydrogen) atoms. The fourth-order valence-electron chi connectivity index (χ4n) is 2.96. The highest BCUT2D eigenvalue weighted by Gasteiger charge is 2.12. The molecule has 1 saturated heterocycles. The van der Waals surface area contributed by atoms with E-state index in [0.717, 1.165) is 25.5 Å². The number of unbranched alkanes of at least 4 members (excludes halogenated alkanes) is 1. The first-order valence-corrected chi connectivity index (χ1v) is 9.92. The molecule has 136 valence electrons. The first-order chi connectivity index (χ1) is 11.7. The average molecular weight is 352 g/mol. The van der Waals surface area contributed by atoms with E-state index in [2.05, 4.69) is 56.6 Å². The van der Waals surface area contributed by atoms with E-state index >= 15 is 0 Å². The molecule has 0 atom stereocenters. The number of thiophene rings is 1. The highest BCUT2D eigenvalue weighted by molar-refractivity contribution is 7.09. The Morgan fingerprint density at radius 2 is 2.08 bits per heavy atom. The highest BCUT2D eigenvalue weighted by atomic mass is 32.1. The molecule has 6 heteroatoms. The molecule has 2 heterocycles. The molecule has 0 aliphatic carbocycles. The number of aliphatic imine (C=N–C) groups is 1. The zero-order valence-electron chi connectivity index (χ0n) is 15.5. The maximum absolute atomic E-state index is 4.40. The van der Waals surface area contributed by atoms with Gasteiger partial charge in [0.15, 0.2) is 5.96 Å². The van der Waals surface area contributed by atoms with Gasteiger partial charge in [0.25, 0.3) is 0 Å². The maximum atomic E-state index is 4.40. The number of rotatable bonds is 8. The summed E-state index contributed by atoms with van der Waals surface area (Å²) in [4.78, 5) is 13.1. The van der Waals surface area contributed by atoms with Crippen LogP contribution in [0.3, 0.4) is 0 Å². The van der Waals surface area contributed by atoms with Crippen LogP contribution in [0.15, 0.2) is 22.5 Å². The third-order valence-corrected chi connectivity index (χ3v) is 5.56. The van der Waals surface area contributed by atoms with Crippen molar-refractivity contribution in [1.29, 1.82) is 0 Å². The molecular weight excluding hydrogens is 318 g/mol. The number of hydrogen-bond donors (Lipinski definition) is 1. The van der Waals surface area contributed by atoms with Crippen molar-refractivity contribution >= 4 is 17.3 Å². The van der Waals surface area contributed by atoms with Crippen molar-refractivity contribution < 1.29 is 0 Å². The number of hydrogen-bond acceptors (Lipinski definition) is 4. The Morgan fingerprint density at radius 3 is 2.75 bits per heavy atom. The Labute approximate surface area is 151 Å². The van der Waals surface area contributed by atoms with E-state index in [-0.39, 0.29) is 0 Å². The largest absolute Gasteiger partial charge is 0.356 e. The normalized spacial score (nSPS) is 17.2. The molecule has 0 aromatic carbocycles. The number of likely N-dealkylation sites (N-methyl/N-ethyl adjacent to an activating group) is 2. The summed E-state index contributed by atoms with van der Waals surface area (Å²) < 4.78 is 0. The van der Waals surface area contributed by atoms with Gasteiger partial charge in [-0.3, -0.25) is 4.99 Å². The molecule has 0 radical (unpaired) electrons. The standard InChI is InChI=1S/C18H33N5S/c1-19-18(22(3)11-8-17-7-6-16-24-17)20-9-4-5-10-23-14-12-21(2)13-15-23/h6-7,16H,4-5,8-15H2,1-3H3,(H,19,20). The molecule has 1 aromatic rings. The van der Waals surface area contributed by atoms with E-state index in [1.54, 1.807) is 0 Å². The van der Waals surface area contributed by atoms with Crippen LogP contribution in [0.4, 0.5) is 0 Å². The van der Waals surface area contributed by atoms with Gasteiger partial charge in [0.1, 0.15) is 0 Å². The van der Waals surface area contributed by atoms with Gasteiger partial charge in [-0.2, -0.15) is 0 Å². The quantitative estimate of drug-likeness (QED) is 0.440. The van der Waals surface area contributed by atoms with E-state index in [4.69, 9.17) is 0 Å². The van der Waals surface area contributed by atoms with Crippen LogP contribution >= 0.6 is 11.3 Å². The van der Waals surface area contributed by atoms with Crippen molar-refractivity contribution in [2.75, 3.05) is 67.0 Å². The topological polar surface area (TPSA) is 34.1 Å². The SMILES string of the molecule is CN=C(NCCCCN1CCN(C)CC1)N(C)CCc1cccs1. The second kappa shape index (κ2) is 10.7. The Balaban J connectivity index is 1.56. The summed E-state index contributed by atoms with van der Waals surface area (Å²) in [7, 11) is 6.20. The predicted octanol–water partition coefficient (Wildman–Crippen LogP) is 1.83. The van der Waals surface area contributed by atoms with Gasteiger partial charge < -0.3 is 20.0 Å². The fraction of sp³-hybridized carbons (Fsp3) is 0.722. The van der Waals surface area contributed by atoms with Crippen LogP contribution in [0.5, 0.6) is 0 Å². The van der Waals surface area contributed by atoms with E-state index in [9.17, 15) is 0 Å². The van der Waals surface area contributed by atoms with Crippen LogP contribution in [0.1, 0.15) is 17.7 Å². The van der Waals surface area contributed by atoms with Crippen LogP contribution in [0, 0.1) is 0 Å². The molecule has 1 aliphatic heterocycles. The lowest BCUT2D eigenvalue weighted by atomic mass is 10.2. The Hall–Kier alpha value is -1.11. The lowest BCUT2D eigenvalue weighted by molar-refractivity contribution is 0.152. The van der Waals surface area contributed by atoms with Crippen LogP contribution in [-0.2, 0) is 6.42 Å². The Kier molecular flexibility index (Phi) is 8.56. The Bertz CT molecular complexity index is 466. The minimum absolute atomic E-state index is 1.00. The third-order valence-electron chi connectivity index (χ3n) is 4.63. The summed E-state index contributed by atoms with van der Waals surface area (Å²) in [5, 5.41) is 5.64. The number of guanidine groups is 1. The zero-order chi connectivity index (χ0) is 17.2.